The van der Waals surface area contributed by atoms with Crippen LogP contribution in [-0.4, -0.2) is 66.0 Å². The van der Waals surface area contributed by atoms with Crippen LogP contribution in [0.3, 0.4) is 0 Å². The average Bonchev–Trinajstić information content (AvgIpc) is 3.52. The molecule has 1 aromatic heterocycles. The molecule has 2 aliphatic heterocycles. The summed E-state index contributed by atoms with van der Waals surface area (Å²) in [4.78, 5) is 19.5. The highest BCUT2D eigenvalue weighted by molar-refractivity contribution is 5.81. The van der Waals surface area contributed by atoms with Gasteiger partial charge in [-0.1, -0.05) is 12.1 Å². The number of amides is 1. The molecule has 1 saturated heterocycles. The molecule has 3 heterocycles. The number of rotatable bonds is 7. The van der Waals surface area contributed by atoms with E-state index in [0.29, 0.717) is 49.7 Å². The van der Waals surface area contributed by atoms with Crippen LogP contribution in [0, 0.1) is 5.92 Å². The van der Waals surface area contributed by atoms with E-state index in [1.807, 2.05) is 12.1 Å². The number of ether oxygens (including phenoxy) is 2. The third-order valence-corrected chi connectivity index (χ3v) is 6.86. The molecule has 1 aromatic carbocycles. The van der Waals surface area contributed by atoms with Crippen molar-refractivity contribution in [2.24, 2.45) is 5.92 Å². The highest BCUT2D eigenvalue weighted by atomic mass is 19.1. The second-order valence-corrected chi connectivity index (χ2v) is 9.15. The molecule has 0 spiro atoms. The number of carbonyl (C=O) groups is 1. The van der Waals surface area contributed by atoms with Crippen LogP contribution in [-0.2, 0) is 17.6 Å². The molecule has 1 fully saturated rings. The van der Waals surface area contributed by atoms with Gasteiger partial charge in [0.05, 0.1) is 6.04 Å². The third kappa shape index (κ3) is 4.82. The molecule has 0 bridgehead atoms. The van der Waals surface area contributed by atoms with Gasteiger partial charge in [-0.2, -0.15) is 0 Å². The molecule has 4 atom stereocenters. The molecule has 0 saturated carbocycles. The van der Waals surface area contributed by atoms with E-state index >= 15 is 4.39 Å². The van der Waals surface area contributed by atoms with E-state index in [9.17, 15) is 9.90 Å². The minimum Gasteiger partial charge on any atom is -0.486 e. The van der Waals surface area contributed by atoms with Crippen LogP contribution < -0.4 is 14.8 Å². The number of aliphatic hydroxyl groups excluding tert-OH is 1. The standard InChI is InChI=1S/C25H30FN3O4/c26-23(18-12-16-4-3-7-27-19(16)13-18)25(31)28-20(15-29-8-1-2-9-29)24(30)17-5-6-21-22(14-17)33-11-10-32-21/h3-7,14,18,20,23-24,30H,1-2,8-13,15H2,(H,28,31)/t18?,20-,23?,24-/m1/s1. The first-order valence-electron chi connectivity index (χ1n) is 11.8. The van der Waals surface area contributed by atoms with Gasteiger partial charge in [0.1, 0.15) is 19.3 Å². The van der Waals surface area contributed by atoms with Crippen molar-refractivity contribution in [2.75, 3.05) is 32.8 Å². The van der Waals surface area contributed by atoms with Gasteiger partial charge in [0, 0.05) is 24.4 Å². The van der Waals surface area contributed by atoms with Crippen molar-refractivity contribution in [3.8, 4) is 11.5 Å². The number of halogens is 1. The maximum absolute atomic E-state index is 15.3. The van der Waals surface area contributed by atoms with Gasteiger partial charge in [0.25, 0.3) is 5.91 Å². The molecule has 2 aromatic rings. The Kier molecular flexibility index (Phi) is 6.46. The van der Waals surface area contributed by atoms with Crippen LogP contribution in [0.4, 0.5) is 4.39 Å². The van der Waals surface area contributed by atoms with Gasteiger partial charge in [-0.3, -0.25) is 9.78 Å². The van der Waals surface area contributed by atoms with Gasteiger partial charge in [-0.25, -0.2) is 4.39 Å². The summed E-state index contributed by atoms with van der Waals surface area (Å²) in [6.07, 6.45) is 2.16. The fourth-order valence-electron chi connectivity index (χ4n) is 5.07. The predicted molar refractivity (Wildman–Crippen MR) is 120 cm³/mol. The number of carbonyl (C=O) groups excluding carboxylic acids is 1. The van der Waals surface area contributed by atoms with E-state index in [0.717, 1.165) is 37.2 Å². The number of nitrogens with one attached hydrogen (secondary N) is 1. The minimum atomic E-state index is -1.66. The van der Waals surface area contributed by atoms with Crippen LogP contribution in [0.15, 0.2) is 36.5 Å². The highest BCUT2D eigenvalue weighted by Gasteiger charge is 2.36. The molecule has 3 aliphatic rings. The number of likely N-dealkylation sites (tertiary alicyclic amines) is 1. The fraction of sp³-hybridized carbons (Fsp3) is 0.520. The Morgan fingerprint density at radius 2 is 1.97 bits per heavy atom. The summed E-state index contributed by atoms with van der Waals surface area (Å²) in [7, 11) is 0. The number of hydrogen-bond donors (Lipinski definition) is 2. The first-order chi connectivity index (χ1) is 16.1. The zero-order valence-corrected chi connectivity index (χ0v) is 18.6. The number of aromatic nitrogens is 1. The first kappa shape index (κ1) is 22.1. The second-order valence-electron chi connectivity index (χ2n) is 9.15. The lowest BCUT2D eigenvalue weighted by Gasteiger charge is -2.30. The lowest BCUT2D eigenvalue weighted by Crippen LogP contribution is -2.50. The average molecular weight is 456 g/mol. The normalized spacial score (nSPS) is 22.4. The monoisotopic (exact) mass is 455 g/mol. The van der Waals surface area contributed by atoms with Crippen LogP contribution >= 0.6 is 0 Å². The van der Waals surface area contributed by atoms with Gasteiger partial charge in [0.2, 0.25) is 0 Å². The van der Waals surface area contributed by atoms with E-state index in [4.69, 9.17) is 9.47 Å². The fourth-order valence-corrected chi connectivity index (χ4v) is 5.07. The minimum absolute atomic E-state index is 0.436. The van der Waals surface area contributed by atoms with Gasteiger partial charge >= 0.3 is 0 Å². The molecule has 33 heavy (non-hydrogen) atoms. The Morgan fingerprint density at radius 1 is 1.18 bits per heavy atom. The van der Waals surface area contributed by atoms with Gasteiger partial charge in [0.15, 0.2) is 17.7 Å². The Hall–Kier alpha value is -2.71. The van der Waals surface area contributed by atoms with Crippen LogP contribution in [0.5, 0.6) is 11.5 Å². The molecule has 2 unspecified atom stereocenters. The predicted octanol–water partition coefficient (Wildman–Crippen LogP) is 2.22. The Labute approximate surface area is 192 Å². The summed E-state index contributed by atoms with van der Waals surface area (Å²) in [6.45, 7) is 3.20. The summed E-state index contributed by atoms with van der Waals surface area (Å²) in [5.74, 6) is 0.0987. The Morgan fingerprint density at radius 3 is 2.76 bits per heavy atom. The van der Waals surface area contributed by atoms with Gasteiger partial charge < -0.3 is 24.8 Å². The van der Waals surface area contributed by atoms with E-state index in [2.05, 4.69) is 15.2 Å². The van der Waals surface area contributed by atoms with Gasteiger partial charge in [-0.05, 0) is 68.1 Å². The molecule has 8 heteroatoms. The number of benzene rings is 1. The van der Waals surface area contributed by atoms with E-state index < -0.39 is 30.1 Å². The van der Waals surface area contributed by atoms with Crippen molar-refractivity contribution in [2.45, 2.75) is 44.0 Å². The maximum atomic E-state index is 15.3. The SMILES string of the molecule is O=C(N[C@H](CN1CCCC1)[C@H](O)c1ccc2c(c1)OCCO2)C(F)C1Cc2cccnc2C1. The number of fused-ring (bicyclic) bond motifs is 2. The number of nitrogens with zero attached hydrogens (tertiary/aromatic N) is 2. The number of aliphatic hydroxyl groups is 1. The summed E-state index contributed by atoms with van der Waals surface area (Å²) in [6, 6.07) is 8.42. The lowest BCUT2D eigenvalue weighted by molar-refractivity contribution is -0.129. The first-order valence-corrected chi connectivity index (χ1v) is 11.8. The molecular formula is C25H30FN3O4. The zero-order chi connectivity index (χ0) is 22.8. The van der Waals surface area contributed by atoms with Crippen molar-refractivity contribution in [1.82, 2.24) is 15.2 Å². The molecule has 1 amide bonds. The van der Waals surface area contributed by atoms with Crippen LogP contribution in [0.2, 0.25) is 0 Å². The Bertz CT molecular complexity index is 972. The zero-order valence-electron chi connectivity index (χ0n) is 18.6. The van der Waals surface area contributed by atoms with E-state index in [1.165, 1.54) is 0 Å². The third-order valence-electron chi connectivity index (χ3n) is 6.86. The smallest absolute Gasteiger partial charge is 0.255 e. The maximum Gasteiger partial charge on any atom is 0.255 e. The summed E-state index contributed by atoms with van der Waals surface area (Å²) >= 11 is 0. The number of alkyl halides is 1. The summed E-state index contributed by atoms with van der Waals surface area (Å²) in [5.41, 5.74) is 2.47. The lowest BCUT2D eigenvalue weighted by atomic mass is 9.97. The van der Waals surface area contributed by atoms with E-state index in [1.54, 1.807) is 24.4 Å². The molecule has 7 nitrogen and oxygen atoms in total. The Balaban J connectivity index is 1.30. The largest absolute Gasteiger partial charge is 0.486 e. The number of pyridine rings is 1. The van der Waals surface area contributed by atoms with E-state index in [-0.39, 0.29) is 0 Å². The van der Waals surface area contributed by atoms with Crippen molar-refractivity contribution in [3.05, 3.63) is 53.3 Å². The van der Waals surface area contributed by atoms with Crippen molar-refractivity contribution in [3.63, 3.8) is 0 Å². The topological polar surface area (TPSA) is 83.9 Å². The van der Waals surface area contributed by atoms with Crippen LogP contribution in [0.1, 0.15) is 35.8 Å². The quantitative estimate of drug-likeness (QED) is 0.666. The molecule has 2 N–H and O–H groups in total. The molecule has 0 radical (unpaired) electrons. The molecule has 1 aliphatic carbocycles. The molecule has 5 rings (SSSR count). The highest BCUT2D eigenvalue weighted by Crippen LogP contribution is 2.34. The van der Waals surface area contributed by atoms with Gasteiger partial charge in [-0.15, -0.1) is 0 Å². The number of hydrogen-bond acceptors (Lipinski definition) is 6. The van der Waals surface area contributed by atoms with Crippen LogP contribution in [0.25, 0.3) is 0 Å². The second kappa shape index (κ2) is 9.65. The molecular weight excluding hydrogens is 425 g/mol. The van der Waals surface area contributed by atoms with Crippen molar-refractivity contribution < 1.29 is 23.8 Å². The van der Waals surface area contributed by atoms with Crippen molar-refractivity contribution in [1.29, 1.82) is 0 Å². The molecule has 176 valence electrons. The summed E-state index contributed by atoms with van der Waals surface area (Å²) < 4.78 is 26.5. The summed E-state index contributed by atoms with van der Waals surface area (Å²) in [5, 5.41) is 14.0. The van der Waals surface area contributed by atoms with Crippen molar-refractivity contribution >= 4 is 5.91 Å².